The number of amides is 1. The first-order chi connectivity index (χ1) is 7.52. The standard InChI is InChI=1S/C12H23FN2O/c1-9(13)8-15(2)12(16)11(14)10-6-4-3-5-7-10/h9-11H,3-8,14H2,1-2H3. The van der Waals surface area contributed by atoms with E-state index in [0.29, 0.717) is 5.92 Å². The van der Waals surface area contributed by atoms with E-state index < -0.39 is 12.2 Å². The maximum Gasteiger partial charge on any atom is 0.239 e. The molecule has 0 saturated heterocycles. The van der Waals surface area contributed by atoms with Gasteiger partial charge in [0.15, 0.2) is 0 Å². The topological polar surface area (TPSA) is 46.3 Å². The Morgan fingerprint density at radius 3 is 2.50 bits per heavy atom. The van der Waals surface area contributed by atoms with Gasteiger partial charge in [-0.2, -0.15) is 0 Å². The van der Waals surface area contributed by atoms with Crippen molar-refractivity contribution in [3.63, 3.8) is 0 Å². The summed E-state index contributed by atoms with van der Waals surface area (Å²) in [4.78, 5) is 13.3. The van der Waals surface area contributed by atoms with Crippen molar-refractivity contribution in [3.05, 3.63) is 0 Å². The van der Waals surface area contributed by atoms with Gasteiger partial charge in [-0.1, -0.05) is 19.3 Å². The lowest BCUT2D eigenvalue weighted by atomic mass is 9.84. The molecule has 1 amide bonds. The summed E-state index contributed by atoms with van der Waals surface area (Å²) in [7, 11) is 1.63. The van der Waals surface area contributed by atoms with Gasteiger partial charge in [0.2, 0.25) is 5.91 Å². The van der Waals surface area contributed by atoms with Crippen LogP contribution in [0.2, 0.25) is 0 Å². The van der Waals surface area contributed by atoms with E-state index in [1.54, 1.807) is 7.05 Å². The normalized spacial score (nSPS) is 21.5. The lowest BCUT2D eigenvalue weighted by Gasteiger charge is -2.30. The van der Waals surface area contributed by atoms with Crippen LogP contribution in [0.5, 0.6) is 0 Å². The summed E-state index contributed by atoms with van der Waals surface area (Å²) in [5.74, 6) is 0.176. The van der Waals surface area contributed by atoms with E-state index in [0.717, 1.165) is 25.7 Å². The predicted molar refractivity (Wildman–Crippen MR) is 62.8 cm³/mol. The van der Waals surface area contributed by atoms with Crippen molar-refractivity contribution in [3.8, 4) is 0 Å². The first-order valence-corrected chi connectivity index (χ1v) is 6.17. The summed E-state index contributed by atoms with van der Waals surface area (Å²) in [6, 6.07) is -0.441. The molecule has 0 radical (unpaired) electrons. The lowest BCUT2D eigenvalue weighted by molar-refractivity contribution is -0.133. The SMILES string of the molecule is CC(F)CN(C)C(=O)C(N)C1CCCCC1. The zero-order chi connectivity index (χ0) is 12.1. The minimum absolute atomic E-state index is 0.114. The van der Waals surface area contributed by atoms with Crippen LogP contribution in [-0.4, -0.2) is 36.6 Å². The third-order valence-electron chi connectivity index (χ3n) is 3.34. The lowest BCUT2D eigenvalue weighted by Crippen LogP contribution is -2.48. The van der Waals surface area contributed by atoms with Gasteiger partial charge in [-0.25, -0.2) is 4.39 Å². The van der Waals surface area contributed by atoms with Crippen molar-refractivity contribution >= 4 is 5.91 Å². The van der Waals surface area contributed by atoms with Crippen molar-refractivity contribution in [1.29, 1.82) is 0 Å². The molecule has 94 valence electrons. The van der Waals surface area contributed by atoms with Crippen LogP contribution in [0.4, 0.5) is 4.39 Å². The van der Waals surface area contributed by atoms with Crippen LogP contribution in [0, 0.1) is 5.92 Å². The largest absolute Gasteiger partial charge is 0.342 e. The summed E-state index contributed by atoms with van der Waals surface area (Å²) >= 11 is 0. The van der Waals surface area contributed by atoms with Crippen LogP contribution >= 0.6 is 0 Å². The fourth-order valence-corrected chi connectivity index (χ4v) is 2.42. The molecule has 2 unspecified atom stereocenters. The Bertz CT molecular complexity index is 227. The number of likely N-dealkylation sites (N-methyl/N-ethyl adjacent to an activating group) is 1. The van der Waals surface area contributed by atoms with E-state index in [2.05, 4.69) is 0 Å². The van der Waals surface area contributed by atoms with Gasteiger partial charge in [0.25, 0.3) is 0 Å². The molecule has 1 fully saturated rings. The number of nitrogens with zero attached hydrogens (tertiary/aromatic N) is 1. The molecule has 2 atom stereocenters. The highest BCUT2D eigenvalue weighted by Crippen LogP contribution is 2.26. The molecule has 1 aliphatic carbocycles. The molecule has 0 heterocycles. The Balaban J connectivity index is 2.45. The van der Waals surface area contributed by atoms with Crippen molar-refractivity contribution in [2.75, 3.05) is 13.6 Å². The van der Waals surface area contributed by atoms with Gasteiger partial charge in [0, 0.05) is 7.05 Å². The first-order valence-electron chi connectivity index (χ1n) is 6.17. The minimum Gasteiger partial charge on any atom is -0.342 e. The van der Waals surface area contributed by atoms with Crippen LogP contribution in [0.25, 0.3) is 0 Å². The Hall–Kier alpha value is -0.640. The van der Waals surface area contributed by atoms with Crippen LogP contribution in [-0.2, 0) is 4.79 Å². The molecule has 2 N–H and O–H groups in total. The van der Waals surface area contributed by atoms with Gasteiger partial charge < -0.3 is 10.6 Å². The number of alkyl halides is 1. The maximum absolute atomic E-state index is 12.8. The van der Waals surface area contributed by atoms with Gasteiger partial charge in [-0.05, 0) is 25.7 Å². The van der Waals surface area contributed by atoms with E-state index in [4.69, 9.17) is 5.73 Å². The molecule has 0 aromatic rings. The van der Waals surface area contributed by atoms with Gasteiger partial charge in [0.1, 0.15) is 6.17 Å². The highest BCUT2D eigenvalue weighted by molar-refractivity contribution is 5.81. The van der Waals surface area contributed by atoms with Crippen LogP contribution in [0.1, 0.15) is 39.0 Å². The number of halogens is 1. The van der Waals surface area contributed by atoms with E-state index in [1.165, 1.54) is 18.2 Å². The molecule has 4 heteroatoms. The summed E-state index contributed by atoms with van der Waals surface area (Å²) in [5, 5.41) is 0. The second kappa shape index (κ2) is 6.18. The van der Waals surface area contributed by atoms with Crippen molar-refractivity contribution < 1.29 is 9.18 Å². The minimum atomic E-state index is -0.993. The monoisotopic (exact) mass is 230 g/mol. The molecule has 1 rings (SSSR count). The van der Waals surface area contributed by atoms with Gasteiger partial charge in [0.05, 0.1) is 12.6 Å². The Labute approximate surface area is 97.2 Å². The van der Waals surface area contributed by atoms with E-state index >= 15 is 0 Å². The summed E-state index contributed by atoms with van der Waals surface area (Å²) in [6.07, 6.45) is 4.64. The molecule has 0 aromatic carbocycles. The fraction of sp³-hybridized carbons (Fsp3) is 0.917. The second-order valence-electron chi connectivity index (χ2n) is 4.92. The molecular weight excluding hydrogens is 207 g/mol. The number of carbonyl (C=O) groups is 1. The zero-order valence-corrected chi connectivity index (χ0v) is 10.3. The third kappa shape index (κ3) is 3.74. The summed E-state index contributed by atoms with van der Waals surface area (Å²) in [6.45, 7) is 1.59. The average Bonchev–Trinajstić information content (AvgIpc) is 2.27. The van der Waals surface area contributed by atoms with Crippen molar-refractivity contribution in [1.82, 2.24) is 4.90 Å². The number of rotatable bonds is 4. The van der Waals surface area contributed by atoms with Gasteiger partial charge in [-0.15, -0.1) is 0 Å². The number of hydrogen-bond donors (Lipinski definition) is 1. The number of carbonyl (C=O) groups excluding carboxylic acids is 1. The first kappa shape index (κ1) is 13.4. The molecule has 0 aliphatic heterocycles. The molecule has 0 bridgehead atoms. The average molecular weight is 230 g/mol. The Morgan fingerprint density at radius 1 is 1.44 bits per heavy atom. The number of hydrogen-bond acceptors (Lipinski definition) is 2. The van der Waals surface area contributed by atoms with Crippen molar-refractivity contribution in [2.45, 2.75) is 51.2 Å². The Kier molecular flexibility index (Phi) is 5.19. The van der Waals surface area contributed by atoms with Gasteiger partial charge >= 0.3 is 0 Å². The molecule has 16 heavy (non-hydrogen) atoms. The van der Waals surface area contributed by atoms with Crippen molar-refractivity contribution in [2.24, 2.45) is 11.7 Å². The van der Waals surface area contributed by atoms with E-state index in [1.807, 2.05) is 0 Å². The number of nitrogens with two attached hydrogens (primary N) is 1. The van der Waals surface area contributed by atoms with E-state index in [-0.39, 0.29) is 12.5 Å². The molecule has 0 spiro atoms. The highest BCUT2D eigenvalue weighted by Gasteiger charge is 2.28. The van der Waals surface area contributed by atoms with Crippen LogP contribution in [0.3, 0.4) is 0 Å². The molecule has 1 aliphatic rings. The maximum atomic E-state index is 12.8. The highest BCUT2D eigenvalue weighted by atomic mass is 19.1. The second-order valence-corrected chi connectivity index (χ2v) is 4.92. The Morgan fingerprint density at radius 2 is 2.00 bits per heavy atom. The molecular formula is C12H23FN2O. The predicted octanol–water partition coefficient (Wildman–Crippen LogP) is 1.71. The fourth-order valence-electron chi connectivity index (χ4n) is 2.42. The summed E-state index contributed by atoms with van der Waals surface area (Å²) in [5.41, 5.74) is 5.95. The van der Waals surface area contributed by atoms with Crippen LogP contribution in [0.15, 0.2) is 0 Å². The zero-order valence-electron chi connectivity index (χ0n) is 10.3. The smallest absolute Gasteiger partial charge is 0.239 e. The molecule has 0 aromatic heterocycles. The summed E-state index contributed by atoms with van der Waals surface area (Å²) < 4.78 is 12.8. The van der Waals surface area contributed by atoms with E-state index in [9.17, 15) is 9.18 Å². The molecule has 1 saturated carbocycles. The quantitative estimate of drug-likeness (QED) is 0.799. The van der Waals surface area contributed by atoms with Gasteiger partial charge in [-0.3, -0.25) is 4.79 Å². The third-order valence-corrected chi connectivity index (χ3v) is 3.34. The van der Waals surface area contributed by atoms with Crippen LogP contribution < -0.4 is 5.73 Å². The molecule has 3 nitrogen and oxygen atoms in total.